The summed E-state index contributed by atoms with van der Waals surface area (Å²) in [6, 6.07) is 51.3. The third kappa shape index (κ3) is 3.72. The molecule has 0 radical (unpaired) electrons. The highest BCUT2D eigenvalue weighted by molar-refractivity contribution is 7.27. The van der Waals surface area contributed by atoms with Crippen molar-refractivity contribution in [3.8, 4) is 11.1 Å². The van der Waals surface area contributed by atoms with Gasteiger partial charge in [0.15, 0.2) is 0 Å². The summed E-state index contributed by atoms with van der Waals surface area (Å²) in [5.74, 6) is 0. The van der Waals surface area contributed by atoms with Gasteiger partial charge in [0.25, 0.3) is 0 Å². The van der Waals surface area contributed by atoms with Gasteiger partial charge in [-0.25, -0.2) is 0 Å². The fourth-order valence-corrected chi connectivity index (χ4v) is 9.57. The number of thiophene rings is 1. The zero-order valence-corrected chi connectivity index (χ0v) is 26.9. The van der Waals surface area contributed by atoms with Crippen LogP contribution >= 0.6 is 11.3 Å². The third-order valence-corrected chi connectivity index (χ3v) is 11.7. The summed E-state index contributed by atoms with van der Waals surface area (Å²) in [5, 5.41) is 12.7. The highest BCUT2D eigenvalue weighted by Gasteiger charge is 2.21. The number of aryl methyl sites for hydroxylation is 1. The van der Waals surface area contributed by atoms with E-state index in [9.17, 15) is 0 Å². The molecule has 11 rings (SSSR count). The summed E-state index contributed by atoms with van der Waals surface area (Å²) in [5.41, 5.74) is 9.91. The van der Waals surface area contributed by atoms with Gasteiger partial charge in [-0.2, -0.15) is 0 Å². The van der Waals surface area contributed by atoms with E-state index in [0.29, 0.717) is 0 Å². The van der Waals surface area contributed by atoms with Gasteiger partial charge in [0.2, 0.25) is 0 Å². The van der Waals surface area contributed by atoms with E-state index in [1.165, 1.54) is 96.7 Å². The molecular formula is C46H28OS. The molecule has 2 heterocycles. The zero-order valence-electron chi connectivity index (χ0n) is 26.1. The van der Waals surface area contributed by atoms with Gasteiger partial charge in [0.1, 0.15) is 11.2 Å². The van der Waals surface area contributed by atoms with Crippen molar-refractivity contribution in [2.45, 2.75) is 12.8 Å². The van der Waals surface area contributed by atoms with Crippen molar-refractivity contribution in [2.24, 2.45) is 0 Å². The molecule has 1 nitrogen and oxygen atoms in total. The summed E-state index contributed by atoms with van der Waals surface area (Å²) in [6.45, 7) is 0. The molecule has 0 bridgehead atoms. The topological polar surface area (TPSA) is 13.1 Å². The molecule has 0 fully saturated rings. The van der Waals surface area contributed by atoms with Crippen LogP contribution in [0.3, 0.4) is 0 Å². The van der Waals surface area contributed by atoms with Crippen LogP contribution in [0, 0.1) is 0 Å². The lowest BCUT2D eigenvalue weighted by molar-refractivity contribution is 0.672. The molecule has 0 unspecified atom stereocenters. The second-order valence-corrected chi connectivity index (χ2v) is 14.2. The van der Waals surface area contributed by atoms with Gasteiger partial charge in [-0.3, -0.25) is 0 Å². The molecule has 0 N–H and O–H groups in total. The Morgan fingerprint density at radius 1 is 0.500 bits per heavy atom. The molecule has 2 aromatic heterocycles. The van der Waals surface area contributed by atoms with Crippen LogP contribution in [0.1, 0.15) is 23.1 Å². The van der Waals surface area contributed by atoms with Gasteiger partial charge < -0.3 is 4.42 Å². The lowest BCUT2D eigenvalue weighted by atomic mass is 9.85. The number of hydrogen-bond acceptors (Lipinski definition) is 2. The van der Waals surface area contributed by atoms with Crippen molar-refractivity contribution in [3.63, 3.8) is 0 Å². The first kappa shape index (κ1) is 26.4. The van der Waals surface area contributed by atoms with Crippen LogP contribution in [0.5, 0.6) is 0 Å². The number of hydrogen-bond donors (Lipinski definition) is 0. The fourth-order valence-electron chi connectivity index (χ4n) is 8.30. The van der Waals surface area contributed by atoms with E-state index in [1.807, 2.05) is 11.3 Å². The summed E-state index contributed by atoms with van der Waals surface area (Å²) >= 11 is 1.88. The summed E-state index contributed by atoms with van der Waals surface area (Å²) in [4.78, 5) is 0. The molecule has 0 aliphatic heterocycles. The average Bonchev–Trinajstić information content (AvgIpc) is 3.72. The van der Waals surface area contributed by atoms with Crippen LogP contribution in [0.15, 0.2) is 144 Å². The van der Waals surface area contributed by atoms with Gasteiger partial charge in [0, 0.05) is 36.3 Å². The van der Waals surface area contributed by atoms with E-state index >= 15 is 0 Å². The second-order valence-electron chi connectivity index (χ2n) is 13.1. The lowest BCUT2D eigenvalue weighted by Gasteiger charge is -2.19. The molecule has 0 saturated carbocycles. The highest BCUT2D eigenvalue weighted by Crippen LogP contribution is 2.48. The Bertz CT molecular complexity index is 2950. The van der Waals surface area contributed by atoms with Gasteiger partial charge in [0.05, 0.1) is 0 Å². The normalized spacial score (nSPS) is 13.4. The largest absolute Gasteiger partial charge is 0.455 e. The molecule has 2 heteroatoms. The Hall–Kier alpha value is -5.70. The summed E-state index contributed by atoms with van der Waals surface area (Å²) < 4.78 is 9.42. The summed E-state index contributed by atoms with van der Waals surface area (Å²) in [6.07, 6.45) is 4.41. The van der Waals surface area contributed by atoms with Crippen molar-refractivity contribution < 1.29 is 4.42 Å². The van der Waals surface area contributed by atoms with Gasteiger partial charge in [-0.1, -0.05) is 121 Å². The predicted molar refractivity (Wildman–Crippen MR) is 207 cm³/mol. The first-order chi connectivity index (χ1) is 23.8. The molecule has 10 aromatic rings. The zero-order chi connectivity index (χ0) is 31.3. The van der Waals surface area contributed by atoms with E-state index in [0.717, 1.165) is 24.0 Å². The predicted octanol–water partition coefficient (Wildman–Crippen LogP) is 13.6. The lowest BCUT2D eigenvalue weighted by Crippen LogP contribution is -2.00. The van der Waals surface area contributed by atoms with Crippen LogP contribution in [0.2, 0.25) is 0 Å². The van der Waals surface area contributed by atoms with Crippen molar-refractivity contribution >= 4 is 97.4 Å². The fraction of sp³-hybridized carbons (Fsp3) is 0.0435. The van der Waals surface area contributed by atoms with Crippen LogP contribution < -0.4 is 0 Å². The minimum atomic E-state index is 0.961. The second kappa shape index (κ2) is 9.90. The Balaban J connectivity index is 1.05. The molecule has 0 saturated heterocycles. The molecule has 0 spiro atoms. The Labute approximate surface area is 281 Å². The molecule has 1 aliphatic rings. The van der Waals surface area contributed by atoms with Crippen LogP contribution in [-0.4, -0.2) is 0 Å². The van der Waals surface area contributed by atoms with E-state index in [-0.39, 0.29) is 0 Å². The van der Waals surface area contributed by atoms with Crippen LogP contribution in [0.4, 0.5) is 0 Å². The van der Waals surface area contributed by atoms with E-state index in [1.54, 1.807) is 0 Å². The number of benzene rings is 8. The maximum atomic E-state index is 6.79. The smallest absolute Gasteiger partial charge is 0.144 e. The Kier molecular flexibility index (Phi) is 5.44. The first-order valence-electron chi connectivity index (χ1n) is 16.7. The quantitative estimate of drug-likeness (QED) is 0.174. The van der Waals surface area contributed by atoms with Gasteiger partial charge in [-0.05, 0) is 97.4 Å². The van der Waals surface area contributed by atoms with E-state index in [2.05, 4.69) is 146 Å². The molecule has 224 valence electrons. The minimum absolute atomic E-state index is 0.961. The summed E-state index contributed by atoms with van der Waals surface area (Å²) in [7, 11) is 0. The van der Waals surface area contributed by atoms with Crippen LogP contribution in [0.25, 0.3) is 97.2 Å². The van der Waals surface area contributed by atoms with Gasteiger partial charge >= 0.3 is 0 Å². The molecule has 0 atom stereocenters. The van der Waals surface area contributed by atoms with Crippen molar-refractivity contribution in [3.05, 3.63) is 156 Å². The maximum Gasteiger partial charge on any atom is 0.144 e. The monoisotopic (exact) mass is 628 g/mol. The van der Waals surface area contributed by atoms with Crippen LogP contribution in [-0.2, 0) is 6.42 Å². The minimum Gasteiger partial charge on any atom is -0.455 e. The SMILES string of the molecule is C1=C(c2ccc3c(c2)oc2c4ccccc4c4c5ccccc5sc4c32)CCc2cc(-c3c4ccccc4cc4ccccc34)ccc21. The molecular weight excluding hydrogens is 601 g/mol. The molecule has 8 aromatic carbocycles. The van der Waals surface area contributed by atoms with Crippen molar-refractivity contribution in [2.75, 3.05) is 0 Å². The molecule has 0 amide bonds. The Morgan fingerprint density at radius 3 is 2.00 bits per heavy atom. The van der Waals surface area contributed by atoms with Crippen molar-refractivity contribution in [1.29, 1.82) is 0 Å². The first-order valence-corrected chi connectivity index (χ1v) is 17.5. The third-order valence-electron chi connectivity index (χ3n) is 10.5. The van der Waals surface area contributed by atoms with Gasteiger partial charge in [-0.15, -0.1) is 11.3 Å². The number of rotatable bonds is 2. The maximum absolute atomic E-state index is 6.79. The number of fused-ring (bicyclic) bond motifs is 13. The standard InChI is InChI=1S/C46H28OS/c1-3-11-34-31(9-1)25-32-10-2-4-12-35(32)42(34)33-20-19-27-23-28(17-18-29(27)24-33)30-21-22-38-40(26-30)47-45-37-14-6-5-13-36(37)43-39-15-7-8-16-41(39)48-46(43)44(38)45/h1-16,19-26H,17-18H2. The average molecular weight is 629 g/mol. The van der Waals surface area contributed by atoms with E-state index in [4.69, 9.17) is 4.42 Å². The highest BCUT2D eigenvalue weighted by atomic mass is 32.1. The molecule has 1 aliphatic carbocycles. The number of furan rings is 1. The van der Waals surface area contributed by atoms with E-state index < -0.39 is 0 Å². The molecule has 48 heavy (non-hydrogen) atoms. The Morgan fingerprint density at radius 2 is 1.19 bits per heavy atom. The van der Waals surface area contributed by atoms with Crippen molar-refractivity contribution in [1.82, 2.24) is 0 Å². The number of allylic oxidation sites excluding steroid dienone is 1.